The van der Waals surface area contributed by atoms with E-state index in [0.29, 0.717) is 0 Å². The van der Waals surface area contributed by atoms with Gasteiger partial charge in [0.1, 0.15) is 5.75 Å². The third-order valence-electron chi connectivity index (χ3n) is 3.02. The summed E-state index contributed by atoms with van der Waals surface area (Å²) >= 11 is 0. The molecule has 0 spiro atoms. The molecule has 0 unspecified atom stereocenters. The van der Waals surface area contributed by atoms with Crippen molar-refractivity contribution in [2.24, 2.45) is 0 Å². The highest BCUT2D eigenvalue weighted by Crippen LogP contribution is 2.23. The molecule has 96 valence electrons. The fourth-order valence-electron chi connectivity index (χ4n) is 2.16. The maximum absolute atomic E-state index is 9.48. The van der Waals surface area contributed by atoms with Gasteiger partial charge in [0.15, 0.2) is 0 Å². The molecule has 1 aromatic rings. The first kappa shape index (κ1) is 14.3. The van der Waals surface area contributed by atoms with E-state index in [9.17, 15) is 10.2 Å². The molecule has 1 atom stereocenters. The lowest BCUT2D eigenvalue weighted by Crippen LogP contribution is -2.46. The quantitative estimate of drug-likeness (QED) is 0.749. The minimum absolute atomic E-state index is 0. The number of aromatic hydroxyl groups is 1. The monoisotopic (exact) mass is 258 g/mol. The van der Waals surface area contributed by atoms with Crippen LogP contribution in [-0.4, -0.2) is 47.9 Å². The molecule has 17 heavy (non-hydrogen) atoms. The van der Waals surface area contributed by atoms with Crippen molar-refractivity contribution in [3.63, 3.8) is 0 Å². The number of phenols is 1. The number of phenolic OH excluding ortho intramolecular Hbond substituents is 1. The summed E-state index contributed by atoms with van der Waals surface area (Å²) < 4.78 is 0. The molecule has 3 N–H and O–H groups in total. The highest BCUT2D eigenvalue weighted by molar-refractivity contribution is 5.85. The Morgan fingerprint density at radius 1 is 1.29 bits per heavy atom. The molecule has 1 aromatic carbocycles. The van der Waals surface area contributed by atoms with Gasteiger partial charge in [0.25, 0.3) is 0 Å². The molecule has 1 saturated heterocycles. The van der Waals surface area contributed by atoms with Crippen LogP contribution in [0.4, 0.5) is 0 Å². The lowest BCUT2D eigenvalue weighted by Gasteiger charge is -2.34. The van der Waals surface area contributed by atoms with Crippen LogP contribution in [0.1, 0.15) is 11.6 Å². The van der Waals surface area contributed by atoms with Crippen molar-refractivity contribution in [1.82, 2.24) is 10.2 Å². The molecule has 1 fully saturated rings. The second kappa shape index (κ2) is 6.81. The SMILES string of the molecule is Cl.OC[C@H](c1cccc(O)c1)N1CCNCC1. The predicted molar refractivity (Wildman–Crippen MR) is 69.6 cm³/mol. The second-order valence-corrected chi connectivity index (χ2v) is 4.08. The first-order valence-corrected chi connectivity index (χ1v) is 5.66. The maximum Gasteiger partial charge on any atom is 0.115 e. The van der Waals surface area contributed by atoms with Crippen LogP contribution in [0.2, 0.25) is 0 Å². The number of hydrogen-bond acceptors (Lipinski definition) is 4. The minimum atomic E-state index is -0.00537. The number of aliphatic hydroxyl groups is 1. The van der Waals surface area contributed by atoms with Gasteiger partial charge >= 0.3 is 0 Å². The van der Waals surface area contributed by atoms with Gasteiger partial charge in [-0.3, -0.25) is 4.90 Å². The first-order chi connectivity index (χ1) is 7.81. The lowest BCUT2D eigenvalue weighted by molar-refractivity contribution is 0.110. The Hall–Kier alpha value is -0.810. The van der Waals surface area contributed by atoms with E-state index < -0.39 is 0 Å². The summed E-state index contributed by atoms with van der Waals surface area (Å²) in [4.78, 5) is 2.24. The molecular formula is C12H19ClN2O2. The van der Waals surface area contributed by atoms with Crippen LogP contribution < -0.4 is 5.32 Å². The van der Waals surface area contributed by atoms with Crippen molar-refractivity contribution in [3.8, 4) is 5.75 Å². The predicted octanol–water partition coefficient (Wildman–Crippen LogP) is 0.753. The third-order valence-corrected chi connectivity index (χ3v) is 3.02. The van der Waals surface area contributed by atoms with E-state index in [2.05, 4.69) is 10.2 Å². The van der Waals surface area contributed by atoms with Crippen molar-refractivity contribution in [1.29, 1.82) is 0 Å². The molecule has 0 radical (unpaired) electrons. The van der Waals surface area contributed by atoms with Crippen molar-refractivity contribution in [3.05, 3.63) is 29.8 Å². The van der Waals surface area contributed by atoms with Gasteiger partial charge in [-0.15, -0.1) is 12.4 Å². The Labute approximate surface area is 108 Å². The molecule has 0 saturated carbocycles. The summed E-state index contributed by atoms with van der Waals surface area (Å²) in [5.41, 5.74) is 0.976. The number of nitrogens with one attached hydrogen (secondary N) is 1. The molecule has 1 aliphatic heterocycles. The zero-order valence-corrected chi connectivity index (χ0v) is 10.5. The molecule has 0 aliphatic carbocycles. The summed E-state index contributed by atoms with van der Waals surface area (Å²) in [5.74, 6) is 0.256. The molecule has 1 heterocycles. The van der Waals surface area contributed by atoms with Gasteiger partial charge in [-0.1, -0.05) is 12.1 Å². The number of aliphatic hydroxyl groups excluding tert-OH is 1. The molecule has 4 nitrogen and oxygen atoms in total. The molecule has 0 bridgehead atoms. The van der Waals surface area contributed by atoms with Crippen LogP contribution in [0.25, 0.3) is 0 Å². The van der Waals surface area contributed by atoms with Crippen molar-refractivity contribution in [2.75, 3.05) is 32.8 Å². The largest absolute Gasteiger partial charge is 0.508 e. The van der Waals surface area contributed by atoms with E-state index in [4.69, 9.17) is 0 Å². The number of piperazine rings is 1. The van der Waals surface area contributed by atoms with Gasteiger partial charge in [-0.25, -0.2) is 0 Å². The van der Waals surface area contributed by atoms with Crippen molar-refractivity contribution < 1.29 is 10.2 Å². The van der Waals surface area contributed by atoms with Crippen LogP contribution in [0.15, 0.2) is 24.3 Å². The van der Waals surface area contributed by atoms with Gasteiger partial charge in [-0.05, 0) is 17.7 Å². The third kappa shape index (κ3) is 3.57. The zero-order valence-electron chi connectivity index (χ0n) is 9.67. The topological polar surface area (TPSA) is 55.7 Å². The van der Waals surface area contributed by atoms with E-state index in [0.717, 1.165) is 31.7 Å². The smallest absolute Gasteiger partial charge is 0.115 e. The van der Waals surface area contributed by atoms with Gasteiger partial charge in [0.2, 0.25) is 0 Å². The van der Waals surface area contributed by atoms with E-state index in [1.54, 1.807) is 12.1 Å². The highest BCUT2D eigenvalue weighted by atomic mass is 35.5. The van der Waals surface area contributed by atoms with Crippen LogP contribution in [0.5, 0.6) is 5.75 Å². The Kier molecular flexibility index (Phi) is 5.71. The van der Waals surface area contributed by atoms with E-state index in [1.807, 2.05) is 12.1 Å². The first-order valence-electron chi connectivity index (χ1n) is 5.66. The number of nitrogens with zero attached hydrogens (tertiary/aromatic N) is 1. The Bertz CT molecular complexity index is 343. The standard InChI is InChI=1S/C12H18N2O2.ClH/c15-9-12(14-6-4-13-5-7-14)10-2-1-3-11(16)8-10;/h1-3,8,12-13,15-16H,4-7,9H2;1H/t12-;/m1./s1. The number of hydrogen-bond donors (Lipinski definition) is 3. The number of rotatable bonds is 3. The van der Waals surface area contributed by atoms with Crippen LogP contribution in [0.3, 0.4) is 0 Å². The van der Waals surface area contributed by atoms with Crippen molar-refractivity contribution in [2.45, 2.75) is 6.04 Å². The molecule has 5 heteroatoms. The maximum atomic E-state index is 9.48. The fraction of sp³-hybridized carbons (Fsp3) is 0.500. The molecule has 0 aromatic heterocycles. The second-order valence-electron chi connectivity index (χ2n) is 4.08. The normalized spacial score (nSPS) is 18.4. The lowest BCUT2D eigenvalue weighted by atomic mass is 10.0. The fourth-order valence-corrected chi connectivity index (χ4v) is 2.16. The Morgan fingerprint density at radius 3 is 2.59 bits per heavy atom. The van der Waals surface area contributed by atoms with E-state index >= 15 is 0 Å². The summed E-state index contributed by atoms with van der Waals surface area (Å²) in [6, 6.07) is 7.13. The number of halogens is 1. The van der Waals surface area contributed by atoms with Crippen LogP contribution in [-0.2, 0) is 0 Å². The highest BCUT2D eigenvalue weighted by Gasteiger charge is 2.21. The van der Waals surface area contributed by atoms with Gasteiger partial charge < -0.3 is 15.5 Å². The van der Waals surface area contributed by atoms with E-state index in [-0.39, 0.29) is 30.8 Å². The summed E-state index contributed by atoms with van der Waals surface area (Å²) in [5, 5.41) is 22.2. The molecular weight excluding hydrogens is 240 g/mol. The van der Waals surface area contributed by atoms with Crippen LogP contribution >= 0.6 is 12.4 Å². The van der Waals surface area contributed by atoms with Gasteiger partial charge in [0, 0.05) is 26.2 Å². The Balaban J connectivity index is 0.00000144. The summed E-state index contributed by atoms with van der Waals surface area (Å²) in [6.45, 7) is 3.86. The van der Waals surface area contributed by atoms with Crippen LogP contribution in [0, 0.1) is 0 Å². The zero-order chi connectivity index (χ0) is 11.4. The molecule has 2 rings (SSSR count). The van der Waals surface area contributed by atoms with Gasteiger partial charge in [-0.2, -0.15) is 0 Å². The van der Waals surface area contributed by atoms with Gasteiger partial charge in [0.05, 0.1) is 12.6 Å². The summed E-state index contributed by atoms with van der Waals surface area (Å²) in [7, 11) is 0. The Morgan fingerprint density at radius 2 is 2.00 bits per heavy atom. The number of benzene rings is 1. The summed E-state index contributed by atoms with van der Waals surface area (Å²) in [6.07, 6.45) is 0. The van der Waals surface area contributed by atoms with E-state index in [1.165, 1.54) is 0 Å². The average Bonchev–Trinajstić information content (AvgIpc) is 2.31. The molecule has 0 amide bonds. The molecule has 1 aliphatic rings. The van der Waals surface area contributed by atoms with Crippen molar-refractivity contribution >= 4 is 12.4 Å². The minimum Gasteiger partial charge on any atom is -0.508 e. The average molecular weight is 259 g/mol.